The summed E-state index contributed by atoms with van der Waals surface area (Å²) in [6, 6.07) is 6.89. The van der Waals surface area contributed by atoms with Gasteiger partial charge in [-0.25, -0.2) is 0 Å². The quantitative estimate of drug-likeness (QED) is 0.461. The van der Waals surface area contributed by atoms with Crippen LogP contribution in [0.25, 0.3) is 0 Å². The molecule has 0 unspecified atom stereocenters. The second kappa shape index (κ2) is 14.0. The lowest BCUT2D eigenvalue weighted by molar-refractivity contribution is 0.183. The molecule has 0 atom stereocenters. The standard InChI is InChI=1S/C19H33NO.C6H14O/c1-14(2)9-16-11-17(10-15(3)4)13-18(12-16)20-19(5,6)7-8-21;1-6(2)4-5-7-3/h11-15,20-21H,7-10H2,1-6H3;6H,4-5H2,1-3H3. The van der Waals surface area contributed by atoms with E-state index in [9.17, 15) is 5.11 Å². The number of aliphatic hydroxyl groups excluding tert-OH is 1. The minimum atomic E-state index is -0.0830. The van der Waals surface area contributed by atoms with E-state index in [1.807, 2.05) is 0 Å². The molecule has 0 spiro atoms. The normalized spacial score (nSPS) is 11.8. The van der Waals surface area contributed by atoms with Crippen molar-refractivity contribution in [1.29, 1.82) is 0 Å². The zero-order chi connectivity index (χ0) is 21.7. The Hall–Kier alpha value is -1.06. The molecule has 0 saturated heterocycles. The Balaban J connectivity index is 0.000000887. The first-order valence-corrected chi connectivity index (χ1v) is 11.0. The van der Waals surface area contributed by atoms with Crippen LogP contribution in [-0.4, -0.2) is 31.0 Å². The molecule has 0 aliphatic carbocycles. The molecule has 2 N–H and O–H groups in total. The van der Waals surface area contributed by atoms with Crippen LogP contribution in [0.15, 0.2) is 18.2 Å². The topological polar surface area (TPSA) is 41.5 Å². The fourth-order valence-electron chi connectivity index (χ4n) is 3.10. The van der Waals surface area contributed by atoms with Crippen LogP contribution in [0.3, 0.4) is 0 Å². The number of nitrogens with one attached hydrogen (secondary N) is 1. The molecule has 1 aromatic rings. The van der Waals surface area contributed by atoms with Crippen molar-refractivity contribution >= 4 is 5.69 Å². The van der Waals surface area contributed by atoms with Crippen molar-refractivity contribution in [2.45, 2.75) is 86.6 Å². The van der Waals surface area contributed by atoms with E-state index in [0.717, 1.165) is 31.8 Å². The first-order chi connectivity index (χ1) is 13.0. The van der Waals surface area contributed by atoms with Gasteiger partial charge in [-0.15, -0.1) is 0 Å². The summed E-state index contributed by atoms with van der Waals surface area (Å²) in [7, 11) is 1.74. The van der Waals surface area contributed by atoms with Gasteiger partial charge < -0.3 is 15.2 Å². The van der Waals surface area contributed by atoms with E-state index in [0.29, 0.717) is 11.8 Å². The minimum Gasteiger partial charge on any atom is -0.396 e. The lowest BCUT2D eigenvalue weighted by atomic mass is 9.95. The highest BCUT2D eigenvalue weighted by molar-refractivity contribution is 5.50. The van der Waals surface area contributed by atoms with Crippen LogP contribution in [-0.2, 0) is 17.6 Å². The smallest absolute Gasteiger partial charge is 0.0464 e. The van der Waals surface area contributed by atoms with Crippen molar-refractivity contribution in [2.24, 2.45) is 17.8 Å². The number of anilines is 1. The third-order valence-corrected chi connectivity index (χ3v) is 4.46. The van der Waals surface area contributed by atoms with E-state index < -0.39 is 0 Å². The molecule has 3 nitrogen and oxygen atoms in total. The average molecular weight is 394 g/mol. The van der Waals surface area contributed by atoms with Gasteiger partial charge in [0.15, 0.2) is 0 Å². The zero-order valence-corrected chi connectivity index (χ0v) is 20.1. The van der Waals surface area contributed by atoms with Crippen LogP contribution in [0.2, 0.25) is 0 Å². The summed E-state index contributed by atoms with van der Waals surface area (Å²) in [6.45, 7) is 18.8. The maximum Gasteiger partial charge on any atom is 0.0464 e. The molecule has 0 aliphatic heterocycles. The second-order valence-corrected chi connectivity index (χ2v) is 9.89. The Morgan fingerprint density at radius 3 is 1.71 bits per heavy atom. The van der Waals surface area contributed by atoms with Crippen molar-refractivity contribution in [2.75, 3.05) is 25.6 Å². The number of ether oxygens (including phenoxy) is 1. The molecule has 0 heterocycles. The molecule has 1 aromatic carbocycles. The van der Waals surface area contributed by atoms with Gasteiger partial charge in [-0.3, -0.25) is 0 Å². The molecule has 0 aromatic heterocycles. The van der Waals surface area contributed by atoms with E-state index in [1.165, 1.54) is 23.2 Å². The zero-order valence-electron chi connectivity index (χ0n) is 20.1. The molecule has 164 valence electrons. The van der Waals surface area contributed by atoms with E-state index in [-0.39, 0.29) is 12.1 Å². The third-order valence-electron chi connectivity index (χ3n) is 4.46. The molecule has 0 bridgehead atoms. The van der Waals surface area contributed by atoms with E-state index >= 15 is 0 Å². The number of hydrogen-bond donors (Lipinski definition) is 2. The fraction of sp³-hybridized carbons (Fsp3) is 0.760. The van der Waals surface area contributed by atoms with Gasteiger partial charge in [0.1, 0.15) is 0 Å². The monoisotopic (exact) mass is 393 g/mol. The Labute approximate surface area is 175 Å². The van der Waals surface area contributed by atoms with E-state index in [1.54, 1.807) is 7.11 Å². The molecule has 0 amide bonds. The molecule has 28 heavy (non-hydrogen) atoms. The summed E-state index contributed by atoms with van der Waals surface area (Å²) in [6.07, 6.45) is 4.15. The van der Waals surface area contributed by atoms with Gasteiger partial charge in [-0.2, -0.15) is 0 Å². The summed E-state index contributed by atoms with van der Waals surface area (Å²) in [5.74, 6) is 2.11. The molecule has 3 heteroatoms. The van der Waals surface area contributed by atoms with Gasteiger partial charge in [0.2, 0.25) is 0 Å². The molecule has 0 radical (unpaired) electrons. The highest BCUT2D eigenvalue weighted by Crippen LogP contribution is 2.24. The first kappa shape index (κ1) is 26.9. The van der Waals surface area contributed by atoms with Crippen molar-refractivity contribution < 1.29 is 9.84 Å². The van der Waals surface area contributed by atoms with Gasteiger partial charge in [0.05, 0.1) is 0 Å². The summed E-state index contributed by atoms with van der Waals surface area (Å²) >= 11 is 0. The van der Waals surface area contributed by atoms with Gasteiger partial charge >= 0.3 is 0 Å². The Morgan fingerprint density at radius 2 is 1.39 bits per heavy atom. The highest BCUT2D eigenvalue weighted by atomic mass is 16.5. The van der Waals surface area contributed by atoms with E-state index in [2.05, 4.69) is 78.9 Å². The largest absolute Gasteiger partial charge is 0.396 e. The number of methoxy groups -OCH3 is 1. The maximum absolute atomic E-state index is 9.19. The summed E-state index contributed by atoms with van der Waals surface area (Å²) in [5.41, 5.74) is 3.92. The van der Waals surface area contributed by atoms with Crippen LogP contribution in [0, 0.1) is 17.8 Å². The molecular weight excluding hydrogens is 346 g/mol. The minimum absolute atomic E-state index is 0.0830. The predicted octanol–water partition coefficient (Wildman–Crippen LogP) is 6.34. The predicted molar refractivity (Wildman–Crippen MR) is 124 cm³/mol. The molecular formula is C25H47NO2. The van der Waals surface area contributed by atoms with Crippen LogP contribution in [0.1, 0.15) is 79.4 Å². The Morgan fingerprint density at radius 1 is 0.893 bits per heavy atom. The SMILES string of the molecule is CC(C)Cc1cc(CC(C)C)cc(NC(C)(C)CCO)c1.COCCC(C)C. The van der Waals surface area contributed by atoms with Gasteiger partial charge in [0.25, 0.3) is 0 Å². The Kier molecular flexibility index (Phi) is 13.5. The summed E-state index contributed by atoms with van der Waals surface area (Å²) < 4.78 is 4.85. The van der Waals surface area contributed by atoms with Crippen LogP contribution in [0.4, 0.5) is 5.69 Å². The van der Waals surface area contributed by atoms with Crippen LogP contribution in [0.5, 0.6) is 0 Å². The average Bonchev–Trinajstić information content (AvgIpc) is 2.51. The molecule has 0 saturated carbocycles. The number of hydrogen-bond acceptors (Lipinski definition) is 3. The number of aliphatic hydroxyl groups is 1. The van der Waals surface area contributed by atoms with Crippen molar-refractivity contribution in [3.63, 3.8) is 0 Å². The van der Waals surface area contributed by atoms with Crippen LogP contribution >= 0.6 is 0 Å². The second-order valence-electron chi connectivity index (χ2n) is 9.89. The lowest BCUT2D eigenvalue weighted by Crippen LogP contribution is -2.32. The molecule has 0 aliphatic rings. The van der Waals surface area contributed by atoms with E-state index in [4.69, 9.17) is 4.74 Å². The van der Waals surface area contributed by atoms with Gasteiger partial charge in [-0.1, -0.05) is 47.6 Å². The first-order valence-electron chi connectivity index (χ1n) is 11.0. The van der Waals surface area contributed by atoms with Gasteiger partial charge in [-0.05, 0) is 80.5 Å². The summed E-state index contributed by atoms with van der Waals surface area (Å²) in [5, 5.41) is 12.8. The highest BCUT2D eigenvalue weighted by Gasteiger charge is 2.17. The van der Waals surface area contributed by atoms with Crippen LogP contribution < -0.4 is 5.32 Å². The summed E-state index contributed by atoms with van der Waals surface area (Å²) in [4.78, 5) is 0. The van der Waals surface area contributed by atoms with Crippen molar-refractivity contribution in [3.05, 3.63) is 29.3 Å². The molecule has 1 rings (SSSR count). The third kappa shape index (κ3) is 14.0. The Bertz CT molecular complexity index is 493. The van der Waals surface area contributed by atoms with Crippen molar-refractivity contribution in [3.8, 4) is 0 Å². The lowest BCUT2D eigenvalue weighted by Gasteiger charge is -2.27. The fourth-order valence-corrected chi connectivity index (χ4v) is 3.10. The molecule has 0 fully saturated rings. The maximum atomic E-state index is 9.19. The van der Waals surface area contributed by atoms with Gasteiger partial charge in [0, 0.05) is 31.5 Å². The number of rotatable bonds is 11. The van der Waals surface area contributed by atoms with Crippen molar-refractivity contribution in [1.82, 2.24) is 0 Å². The number of benzene rings is 1.